The predicted octanol–water partition coefficient (Wildman–Crippen LogP) is 5.98. The molecule has 1 N–H and O–H groups in total. The molecular weight excluding hydrogens is 594 g/mol. The Hall–Kier alpha value is -3.31. The fourth-order valence-corrected chi connectivity index (χ4v) is 5.46. The van der Waals surface area contributed by atoms with Crippen LogP contribution in [-0.4, -0.2) is 62.2 Å². The minimum absolute atomic E-state index is 0.0715. The molecule has 5 rings (SSSR count). The van der Waals surface area contributed by atoms with Gasteiger partial charge in [0.2, 0.25) is 5.91 Å². The second-order valence-electron chi connectivity index (χ2n) is 10.1. The van der Waals surface area contributed by atoms with Gasteiger partial charge in [-0.05, 0) is 35.7 Å². The normalized spacial score (nSPS) is 17.3. The highest BCUT2D eigenvalue weighted by Gasteiger charge is 2.36. The maximum atomic E-state index is 13.6. The van der Waals surface area contributed by atoms with E-state index in [1.54, 1.807) is 37.3 Å². The van der Waals surface area contributed by atoms with E-state index in [0.29, 0.717) is 55.4 Å². The Labute approximate surface area is 251 Å². The van der Waals surface area contributed by atoms with E-state index in [-0.39, 0.29) is 22.2 Å². The molecule has 3 aromatic rings. The van der Waals surface area contributed by atoms with E-state index < -0.39 is 35.6 Å². The molecule has 0 spiro atoms. The van der Waals surface area contributed by atoms with Crippen LogP contribution in [0.15, 0.2) is 60.7 Å². The third-order valence-corrected chi connectivity index (χ3v) is 8.09. The van der Waals surface area contributed by atoms with Gasteiger partial charge in [0.05, 0.1) is 40.6 Å². The molecule has 0 aliphatic carbocycles. The molecule has 2 aliphatic heterocycles. The summed E-state index contributed by atoms with van der Waals surface area (Å²) in [5.41, 5.74) is 0.797. The number of rotatable bonds is 7. The molecule has 2 amide bonds. The van der Waals surface area contributed by atoms with Gasteiger partial charge in [-0.25, -0.2) is 0 Å². The van der Waals surface area contributed by atoms with E-state index in [4.69, 9.17) is 32.7 Å². The van der Waals surface area contributed by atoms with Gasteiger partial charge in [-0.1, -0.05) is 65.7 Å². The number of fused-ring (bicyclic) bond motifs is 1. The Kier molecular flexibility index (Phi) is 8.98. The molecule has 0 aromatic heterocycles. The van der Waals surface area contributed by atoms with Gasteiger partial charge in [0.1, 0.15) is 11.8 Å². The largest absolute Gasteiger partial charge is 0.482 e. The number of hydrogen-bond acceptors (Lipinski definition) is 5. The minimum atomic E-state index is -4.50. The second kappa shape index (κ2) is 12.5. The average Bonchev–Trinajstić information content (AvgIpc) is 2.97. The number of ether oxygens (including phenoxy) is 2. The zero-order valence-electron chi connectivity index (χ0n) is 22.6. The van der Waals surface area contributed by atoms with Gasteiger partial charge >= 0.3 is 6.18 Å². The first-order chi connectivity index (χ1) is 20.0. The van der Waals surface area contributed by atoms with Crippen molar-refractivity contribution in [3.8, 4) is 16.9 Å². The number of alkyl halides is 3. The molecule has 7 nitrogen and oxygen atoms in total. The Bertz CT molecular complexity index is 1460. The third kappa shape index (κ3) is 6.52. The van der Waals surface area contributed by atoms with Crippen molar-refractivity contribution in [2.75, 3.05) is 44.4 Å². The molecule has 2 unspecified atom stereocenters. The van der Waals surface area contributed by atoms with Crippen LogP contribution < -0.4 is 15.0 Å². The van der Waals surface area contributed by atoms with Crippen molar-refractivity contribution in [2.45, 2.75) is 25.2 Å². The number of nitrogens with zero attached hydrogens (tertiary/aromatic N) is 2. The van der Waals surface area contributed by atoms with Gasteiger partial charge in [-0.15, -0.1) is 0 Å². The quantitative estimate of drug-likeness (QED) is 0.351. The van der Waals surface area contributed by atoms with Crippen LogP contribution in [0.5, 0.6) is 5.75 Å². The van der Waals surface area contributed by atoms with Gasteiger partial charge in [-0.2, -0.15) is 13.2 Å². The number of benzene rings is 3. The van der Waals surface area contributed by atoms with Crippen molar-refractivity contribution < 1.29 is 32.2 Å². The molecule has 2 heterocycles. The van der Waals surface area contributed by atoms with Crippen LogP contribution in [-0.2, 0) is 20.5 Å². The number of anilines is 1. The predicted molar refractivity (Wildman–Crippen MR) is 154 cm³/mol. The zero-order valence-corrected chi connectivity index (χ0v) is 24.1. The number of carbonyl (C=O) groups is 2. The van der Waals surface area contributed by atoms with Crippen molar-refractivity contribution >= 4 is 40.7 Å². The Morgan fingerprint density at radius 2 is 1.69 bits per heavy atom. The van der Waals surface area contributed by atoms with Crippen LogP contribution in [0.25, 0.3) is 11.1 Å². The van der Waals surface area contributed by atoms with Crippen LogP contribution in [0.4, 0.5) is 18.9 Å². The van der Waals surface area contributed by atoms with E-state index >= 15 is 0 Å². The molecule has 3 aromatic carbocycles. The van der Waals surface area contributed by atoms with E-state index in [1.807, 2.05) is 0 Å². The van der Waals surface area contributed by atoms with Crippen molar-refractivity contribution in [1.29, 1.82) is 0 Å². The summed E-state index contributed by atoms with van der Waals surface area (Å²) in [5, 5.41) is 3.52. The number of morpholine rings is 1. The summed E-state index contributed by atoms with van der Waals surface area (Å²) in [6.45, 7) is 4.20. The standard InChI is InChI=1S/C30H28Cl2F3N3O4/c1-18(38-26-14-23(31)24(32)15-27(26)42-17-28(38)39)29(40)36-25(16-37-10-12-41-13-11-37)20-8-6-19(7-9-20)21-4-2-3-5-22(21)30(33,34)35/h2-9,14-15,18,25H,10-13,16-17H2,1H3,(H,36,40). The summed E-state index contributed by atoms with van der Waals surface area (Å²) in [6.07, 6.45) is -4.50. The zero-order chi connectivity index (χ0) is 30.0. The van der Waals surface area contributed by atoms with Gasteiger partial charge < -0.3 is 14.8 Å². The van der Waals surface area contributed by atoms with Crippen LogP contribution in [0.1, 0.15) is 24.1 Å². The first-order valence-corrected chi connectivity index (χ1v) is 14.1. The lowest BCUT2D eigenvalue weighted by molar-refractivity contribution is -0.137. The number of carbonyl (C=O) groups excluding carboxylic acids is 2. The van der Waals surface area contributed by atoms with E-state index in [2.05, 4.69) is 10.2 Å². The highest BCUT2D eigenvalue weighted by atomic mass is 35.5. The SMILES string of the molecule is CC(C(=O)NC(CN1CCOCC1)c1ccc(-c2ccccc2C(F)(F)F)cc1)N1C(=O)COc2cc(Cl)c(Cl)cc21. The van der Waals surface area contributed by atoms with Gasteiger partial charge in [0, 0.05) is 25.7 Å². The number of halogens is 5. The lowest BCUT2D eigenvalue weighted by Gasteiger charge is -2.35. The minimum Gasteiger partial charge on any atom is -0.482 e. The molecule has 222 valence electrons. The second-order valence-corrected chi connectivity index (χ2v) is 10.9. The van der Waals surface area contributed by atoms with Gasteiger partial charge in [-0.3, -0.25) is 19.4 Å². The Morgan fingerprint density at radius 1 is 1.02 bits per heavy atom. The Morgan fingerprint density at radius 3 is 2.38 bits per heavy atom. The molecule has 2 atom stereocenters. The smallest absolute Gasteiger partial charge is 0.417 e. The lowest BCUT2D eigenvalue weighted by atomic mass is 9.96. The summed E-state index contributed by atoms with van der Waals surface area (Å²) in [4.78, 5) is 30.0. The van der Waals surface area contributed by atoms with E-state index in [1.165, 1.54) is 29.2 Å². The first kappa shape index (κ1) is 30.2. The maximum absolute atomic E-state index is 13.6. The summed E-state index contributed by atoms with van der Waals surface area (Å²) in [6, 6.07) is 13.6. The molecule has 2 aliphatic rings. The number of nitrogens with one attached hydrogen (secondary N) is 1. The molecule has 0 saturated carbocycles. The van der Waals surface area contributed by atoms with Crippen molar-refractivity contribution in [3.05, 3.63) is 81.8 Å². The number of amides is 2. The molecule has 0 radical (unpaired) electrons. The topological polar surface area (TPSA) is 71.1 Å². The maximum Gasteiger partial charge on any atom is 0.417 e. The van der Waals surface area contributed by atoms with Crippen LogP contribution in [0.3, 0.4) is 0 Å². The highest BCUT2D eigenvalue weighted by Crippen LogP contribution is 2.40. The lowest BCUT2D eigenvalue weighted by Crippen LogP contribution is -2.53. The molecule has 42 heavy (non-hydrogen) atoms. The summed E-state index contributed by atoms with van der Waals surface area (Å²) >= 11 is 12.3. The first-order valence-electron chi connectivity index (χ1n) is 13.3. The summed E-state index contributed by atoms with van der Waals surface area (Å²) in [5.74, 6) is -0.503. The monoisotopic (exact) mass is 621 g/mol. The number of hydrogen-bond donors (Lipinski definition) is 1. The van der Waals surface area contributed by atoms with Crippen molar-refractivity contribution in [1.82, 2.24) is 10.2 Å². The average molecular weight is 622 g/mol. The Balaban J connectivity index is 1.41. The van der Waals surface area contributed by atoms with Gasteiger partial charge in [0.15, 0.2) is 6.61 Å². The van der Waals surface area contributed by atoms with Crippen LogP contribution >= 0.6 is 23.2 Å². The third-order valence-electron chi connectivity index (χ3n) is 7.37. The molecule has 12 heteroatoms. The molecule has 0 bridgehead atoms. The van der Waals surface area contributed by atoms with Gasteiger partial charge in [0.25, 0.3) is 5.91 Å². The fourth-order valence-electron chi connectivity index (χ4n) is 5.15. The van der Waals surface area contributed by atoms with E-state index in [0.717, 1.165) is 6.07 Å². The fraction of sp³-hybridized carbons (Fsp3) is 0.333. The molecule has 1 fully saturated rings. The van der Waals surface area contributed by atoms with Crippen molar-refractivity contribution in [2.24, 2.45) is 0 Å². The highest BCUT2D eigenvalue weighted by molar-refractivity contribution is 6.42. The summed E-state index contributed by atoms with van der Waals surface area (Å²) < 4.78 is 51.8. The van der Waals surface area contributed by atoms with E-state index in [9.17, 15) is 22.8 Å². The summed E-state index contributed by atoms with van der Waals surface area (Å²) in [7, 11) is 0. The molecular formula is C30H28Cl2F3N3O4. The van der Waals surface area contributed by atoms with Crippen LogP contribution in [0, 0.1) is 0 Å². The molecule has 1 saturated heterocycles. The van der Waals surface area contributed by atoms with Crippen molar-refractivity contribution in [3.63, 3.8) is 0 Å². The van der Waals surface area contributed by atoms with Crippen LogP contribution in [0.2, 0.25) is 10.0 Å².